The number of rotatable bonds is 6. The van der Waals surface area contributed by atoms with Crippen LogP contribution in [0.25, 0.3) is 11.0 Å². The molecular weight excluding hydrogens is 517 g/mol. The fraction of sp³-hybridized carbons (Fsp3) is 0.550. The highest BCUT2D eigenvalue weighted by molar-refractivity contribution is 14.1. The van der Waals surface area contributed by atoms with Crippen molar-refractivity contribution >= 4 is 53.5 Å². The summed E-state index contributed by atoms with van der Waals surface area (Å²) >= 11 is 2.19. The monoisotopic (exact) mass is 543 g/mol. The third-order valence-corrected chi connectivity index (χ3v) is 8.16. The second-order valence-corrected chi connectivity index (χ2v) is 15.7. The van der Waals surface area contributed by atoms with Gasteiger partial charge in [-0.2, -0.15) is 0 Å². The van der Waals surface area contributed by atoms with E-state index in [0.717, 1.165) is 20.0 Å². The minimum absolute atomic E-state index is 0.0572. The average Bonchev–Trinajstić information content (AvgIpc) is 2.97. The first-order valence-corrected chi connectivity index (χ1v) is 15.0. The number of benzene rings is 1. The molecule has 1 aromatic heterocycles. The molecule has 0 N–H and O–H groups in total. The van der Waals surface area contributed by atoms with Crippen molar-refractivity contribution in [2.75, 3.05) is 19.9 Å². The molecule has 10 heteroatoms. The molecule has 4 rings (SSSR count). The summed E-state index contributed by atoms with van der Waals surface area (Å²) in [5.74, 6) is 0.0608. The van der Waals surface area contributed by atoms with Gasteiger partial charge in [-0.3, -0.25) is 23.6 Å². The second kappa shape index (κ2) is 8.12. The molecule has 1 atom stereocenters. The molecule has 1 aromatic carbocycles. The first kappa shape index (κ1) is 21.6. The molecule has 0 aliphatic carbocycles. The van der Waals surface area contributed by atoms with Crippen LogP contribution >= 0.6 is 22.6 Å². The van der Waals surface area contributed by atoms with Gasteiger partial charge < -0.3 is 9.47 Å². The van der Waals surface area contributed by atoms with E-state index in [9.17, 15) is 14.4 Å². The summed E-state index contributed by atoms with van der Waals surface area (Å²) in [6, 6.07) is 3.98. The predicted octanol–water partition coefficient (Wildman–Crippen LogP) is 2.80. The van der Waals surface area contributed by atoms with Crippen molar-refractivity contribution in [2.45, 2.75) is 51.1 Å². The lowest BCUT2D eigenvalue weighted by molar-refractivity contribution is -0.157. The van der Waals surface area contributed by atoms with Crippen molar-refractivity contribution in [1.29, 1.82) is 0 Å². The number of amides is 2. The van der Waals surface area contributed by atoms with Crippen molar-refractivity contribution in [3.8, 4) is 5.75 Å². The Balaban J connectivity index is 1.63. The highest BCUT2D eigenvalue weighted by atomic mass is 127. The quantitative estimate of drug-likeness (QED) is 0.242. The zero-order chi connectivity index (χ0) is 21.6. The van der Waals surface area contributed by atoms with Crippen molar-refractivity contribution in [3.05, 3.63) is 26.2 Å². The maximum absolute atomic E-state index is 13.2. The van der Waals surface area contributed by atoms with E-state index in [4.69, 9.17) is 9.47 Å². The number of halogens is 1. The molecule has 2 aliphatic heterocycles. The van der Waals surface area contributed by atoms with Crippen LogP contribution in [0, 0.1) is 3.57 Å². The maximum Gasteiger partial charge on any atom is 0.330 e. The number of imide groups is 1. The fourth-order valence-corrected chi connectivity index (χ4v) is 5.28. The van der Waals surface area contributed by atoms with Crippen LogP contribution in [-0.4, -0.2) is 53.9 Å². The maximum atomic E-state index is 13.2. The van der Waals surface area contributed by atoms with E-state index in [2.05, 4.69) is 42.2 Å². The lowest BCUT2D eigenvalue weighted by Crippen LogP contribution is -2.48. The summed E-state index contributed by atoms with van der Waals surface area (Å²) in [7, 11) is -1.26. The standard InChI is InChI=1S/C20H26IN3O5Si/c1-30(2,3)11-10-28-12-23-16(25)7-6-15(19(23)26)24-14-5-4-13(21)18-17(14)22(20(24)27)8-9-29-18/h4-5,15H,6-12H2,1-3H3. The van der Waals surface area contributed by atoms with Gasteiger partial charge in [-0.1, -0.05) is 19.6 Å². The molecule has 1 unspecified atom stereocenters. The van der Waals surface area contributed by atoms with Crippen LogP contribution in [-0.2, 0) is 20.9 Å². The Labute approximate surface area is 189 Å². The van der Waals surface area contributed by atoms with E-state index >= 15 is 0 Å². The molecular formula is C20H26IN3O5Si. The van der Waals surface area contributed by atoms with Crippen LogP contribution in [0.1, 0.15) is 18.9 Å². The summed E-state index contributed by atoms with van der Waals surface area (Å²) < 4.78 is 15.6. The van der Waals surface area contributed by atoms with Crippen LogP contribution in [0.2, 0.25) is 25.7 Å². The number of carbonyl (C=O) groups is 2. The molecule has 162 valence electrons. The van der Waals surface area contributed by atoms with Gasteiger partial charge in [0.1, 0.15) is 24.9 Å². The number of imidazole rings is 1. The van der Waals surface area contributed by atoms with E-state index in [1.165, 1.54) is 4.57 Å². The third kappa shape index (κ3) is 3.84. The molecule has 2 aliphatic rings. The Morgan fingerprint density at radius 1 is 1.23 bits per heavy atom. The van der Waals surface area contributed by atoms with Gasteiger partial charge in [0.25, 0.3) is 5.91 Å². The Bertz CT molecular complexity index is 1070. The molecule has 1 fully saturated rings. The number of hydrogen-bond donors (Lipinski definition) is 0. The van der Waals surface area contributed by atoms with Gasteiger partial charge >= 0.3 is 5.69 Å². The smallest absolute Gasteiger partial charge is 0.330 e. The molecule has 0 spiro atoms. The summed E-state index contributed by atoms with van der Waals surface area (Å²) in [6.07, 6.45) is 0.519. The molecule has 2 amide bonds. The van der Waals surface area contributed by atoms with Crippen molar-refractivity contribution in [3.63, 3.8) is 0 Å². The molecule has 1 saturated heterocycles. The minimum atomic E-state index is -1.26. The molecule has 0 saturated carbocycles. The van der Waals surface area contributed by atoms with E-state index in [1.54, 1.807) is 4.57 Å². The zero-order valence-electron chi connectivity index (χ0n) is 17.4. The number of piperidine rings is 1. The van der Waals surface area contributed by atoms with E-state index in [1.807, 2.05) is 12.1 Å². The molecule has 0 radical (unpaired) electrons. The first-order valence-electron chi connectivity index (χ1n) is 10.2. The summed E-state index contributed by atoms with van der Waals surface area (Å²) in [5.41, 5.74) is 1.16. The third-order valence-electron chi connectivity index (χ3n) is 5.60. The Kier molecular flexibility index (Phi) is 5.83. The fourth-order valence-electron chi connectivity index (χ4n) is 3.94. The largest absolute Gasteiger partial charge is 0.488 e. The van der Waals surface area contributed by atoms with Crippen LogP contribution in [0.5, 0.6) is 5.75 Å². The number of carbonyl (C=O) groups excluding carboxylic acids is 2. The van der Waals surface area contributed by atoms with E-state index in [-0.39, 0.29) is 30.7 Å². The predicted molar refractivity (Wildman–Crippen MR) is 124 cm³/mol. The van der Waals surface area contributed by atoms with Crippen LogP contribution in [0.15, 0.2) is 16.9 Å². The highest BCUT2D eigenvalue weighted by Crippen LogP contribution is 2.35. The van der Waals surface area contributed by atoms with Crippen molar-refractivity contribution in [2.24, 2.45) is 0 Å². The topological polar surface area (TPSA) is 82.8 Å². The molecule has 8 nitrogen and oxygen atoms in total. The minimum Gasteiger partial charge on any atom is -0.488 e. The van der Waals surface area contributed by atoms with Crippen LogP contribution in [0.4, 0.5) is 0 Å². The van der Waals surface area contributed by atoms with Crippen molar-refractivity contribution in [1.82, 2.24) is 14.0 Å². The average molecular weight is 543 g/mol. The first-order chi connectivity index (χ1) is 14.2. The summed E-state index contributed by atoms with van der Waals surface area (Å²) in [5, 5.41) is 0. The molecule has 3 heterocycles. The number of hydrogen-bond acceptors (Lipinski definition) is 5. The lowest BCUT2D eigenvalue weighted by Gasteiger charge is -2.31. The number of likely N-dealkylation sites (tertiary alicyclic amines) is 1. The Hall–Kier alpha value is -1.66. The number of ether oxygens (including phenoxy) is 2. The summed E-state index contributed by atoms with van der Waals surface area (Å²) in [6.45, 7) is 8.07. The second-order valence-electron chi connectivity index (χ2n) is 8.96. The zero-order valence-corrected chi connectivity index (χ0v) is 20.6. The van der Waals surface area contributed by atoms with E-state index in [0.29, 0.717) is 37.4 Å². The van der Waals surface area contributed by atoms with Gasteiger partial charge in [-0.05, 0) is 47.2 Å². The van der Waals surface area contributed by atoms with Gasteiger partial charge in [0.15, 0.2) is 5.75 Å². The highest BCUT2D eigenvalue weighted by Gasteiger charge is 2.38. The lowest BCUT2D eigenvalue weighted by atomic mass is 10.0. The van der Waals surface area contributed by atoms with Crippen LogP contribution < -0.4 is 10.4 Å². The molecule has 0 bridgehead atoms. The number of aromatic nitrogens is 2. The van der Waals surface area contributed by atoms with Crippen LogP contribution in [0.3, 0.4) is 0 Å². The van der Waals surface area contributed by atoms with Crippen molar-refractivity contribution < 1.29 is 19.1 Å². The van der Waals surface area contributed by atoms with E-state index < -0.39 is 14.1 Å². The van der Waals surface area contributed by atoms with Gasteiger partial charge in [-0.15, -0.1) is 0 Å². The molecule has 2 aromatic rings. The van der Waals surface area contributed by atoms with Gasteiger partial charge in [-0.25, -0.2) is 4.79 Å². The Morgan fingerprint density at radius 2 is 2.00 bits per heavy atom. The van der Waals surface area contributed by atoms with Gasteiger partial charge in [0.2, 0.25) is 5.91 Å². The number of nitrogens with zero attached hydrogens (tertiary/aromatic N) is 3. The Morgan fingerprint density at radius 3 is 2.73 bits per heavy atom. The van der Waals surface area contributed by atoms with Gasteiger partial charge in [0.05, 0.1) is 15.6 Å². The SMILES string of the molecule is C[Si](C)(C)CCOCN1C(=O)CCC(n2c(=O)n3c4c(c(I)ccc42)OCC3)C1=O. The summed E-state index contributed by atoms with van der Waals surface area (Å²) in [4.78, 5) is 40.0. The normalized spacial score (nSPS) is 19.5. The molecule has 30 heavy (non-hydrogen) atoms. The van der Waals surface area contributed by atoms with Gasteiger partial charge in [0, 0.05) is 21.1 Å².